The molecule has 2 atom stereocenters. The van der Waals surface area contributed by atoms with E-state index in [2.05, 4.69) is 60.1 Å². The maximum absolute atomic E-state index is 4.84. The molecule has 2 unspecified atom stereocenters. The molecule has 0 aromatic heterocycles. The van der Waals surface area contributed by atoms with Crippen molar-refractivity contribution < 1.29 is 0 Å². The molecule has 26 heavy (non-hydrogen) atoms. The molecule has 0 amide bonds. The van der Waals surface area contributed by atoms with Gasteiger partial charge in [-0.2, -0.15) is 0 Å². The van der Waals surface area contributed by atoms with E-state index in [1.165, 1.54) is 39.1 Å². The fourth-order valence-corrected chi connectivity index (χ4v) is 3.92. The maximum Gasteiger partial charge on any atom is 0.191 e. The van der Waals surface area contributed by atoms with Crippen LogP contribution in [0.15, 0.2) is 4.99 Å². The van der Waals surface area contributed by atoms with Gasteiger partial charge in [0.25, 0.3) is 0 Å². The fraction of sp³-hybridized carbons (Fsp3) is 0.950. The normalized spacial score (nSPS) is 27.1. The first kappa shape index (κ1) is 21.5. The van der Waals surface area contributed by atoms with Gasteiger partial charge in [-0.05, 0) is 66.2 Å². The third-order valence-corrected chi connectivity index (χ3v) is 5.75. The summed E-state index contributed by atoms with van der Waals surface area (Å²) in [5, 5.41) is 7.11. The highest BCUT2D eigenvalue weighted by Gasteiger charge is 2.31. The second kappa shape index (κ2) is 11.1. The number of nitrogens with one attached hydrogen (secondary N) is 2. The molecular weight excluding hydrogens is 324 g/mol. The second-order valence-electron chi connectivity index (χ2n) is 8.39. The summed E-state index contributed by atoms with van der Waals surface area (Å²) in [6, 6.07) is 1.12. The highest BCUT2D eigenvalue weighted by Crippen LogP contribution is 2.18. The molecule has 2 rings (SSSR count). The lowest BCUT2D eigenvalue weighted by molar-refractivity contribution is 0.265. The fourth-order valence-electron chi connectivity index (χ4n) is 3.92. The molecule has 2 aliphatic rings. The Morgan fingerprint density at radius 1 is 1.15 bits per heavy atom. The Morgan fingerprint density at radius 3 is 2.65 bits per heavy atom. The summed E-state index contributed by atoms with van der Waals surface area (Å²) in [5.74, 6) is 1.65. The standard InChI is InChI=1S/C20H42N6/c1-6-21-20(23-19-16-26(17(2)3)15-18(19)4)22-9-7-11-25-12-8-10-24(5)13-14-25/h17-19H,6-16H2,1-5H3,(H2,21,22,23). The van der Waals surface area contributed by atoms with E-state index in [0.29, 0.717) is 18.0 Å². The topological polar surface area (TPSA) is 46.1 Å². The minimum Gasteiger partial charge on any atom is -0.357 e. The van der Waals surface area contributed by atoms with Crippen LogP contribution in [0.4, 0.5) is 0 Å². The molecule has 0 aromatic carbocycles. The number of likely N-dealkylation sites (N-methyl/N-ethyl adjacent to an activating group) is 1. The minimum atomic E-state index is 0.497. The highest BCUT2D eigenvalue weighted by atomic mass is 15.3. The van der Waals surface area contributed by atoms with Gasteiger partial charge in [0, 0.05) is 51.4 Å². The Kier molecular flexibility index (Phi) is 9.16. The molecule has 2 fully saturated rings. The van der Waals surface area contributed by atoms with Crippen LogP contribution in [0.5, 0.6) is 0 Å². The molecule has 2 saturated heterocycles. The largest absolute Gasteiger partial charge is 0.357 e. The summed E-state index contributed by atoms with van der Waals surface area (Å²) in [4.78, 5) is 12.4. The van der Waals surface area contributed by atoms with Crippen molar-refractivity contribution >= 4 is 5.96 Å². The van der Waals surface area contributed by atoms with Gasteiger partial charge in [-0.1, -0.05) is 6.92 Å². The molecule has 2 heterocycles. The molecule has 6 nitrogen and oxygen atoms in total. The Labute approximate surface area is 161 Å². The first-order valence-electron chi connectivity index (χ1n) is 10.7. The van der Waals surface area contributed by atoms with E-state index in [4.69, 9.17) is 4.99 Å². The number of guanidine groups is 1. The van der Waals surface area contributed by atoms with Gasteiger partial charge in [0.05, 0.1) is 0 Å². The van der Waals surface area contributed by atoms with Crippen molar-refractivity contribution in [2.45, 2.75) is 52.6 Å². The van der Waals surface area contributed by atoms with E-state index in [1.54, 1.807) is 0 Å². The number of nitrogens with zero attached hydrogens (tertiary/aromatic N) is 4. The maximum atomic E-state index is 4.84. The molecule has 0 aliphatic carbocycles. The van der Waals surface area contributed by atoms with Crippen LogP contribution >= 0.6 is 0 Å². The Hall–Kier alpha value is -0.850. The zero-order valence-electron chi connectivity index (χ0n) is 17.8. The van der Waals surface area contributed by atoms with Crippen LogP contribution in [0, 0.1) is 5.92 Å². The van der Waals surface area contributed by atoms with Crippen LogP contribution in [0.3, 0.4) is 0 Å². The molecular formula is C20H42N6. The summed E-state index contributed by atoms with van der Waals surface area (Å²) in [7, 11) is 2.23. The molecule has 6 heteroatoms. The Bertz CT molecular complexity index is 425. The number of hydrogen-bond acceptors (Lipinski definition) is 4. The molecule has 152 valence electrons. The SMILES string of the molecule is CCNC(=NCCCN1CCCN(C)CC1)NC1CN(C(C)C)CC1C. The zero-order chi connectivity index (χ0) is 18.9. The van der Waals surface area contributed by atoms with Crippen molar-refractivity contribution in [3.63, 3.8) is 0 Å². The van der Waals surface area contributed by atoms with Crippen LogP contribution in [0.2, 0.25) is 0 Å². The van der Waals surface area contributed by atoms with Crippen LogP contribution in [-0.2, 0) is 0 Å². The lowest BCUT2D eigenvalue weighted by Gasteiger charge is -2.22. The summed E-state index contributed by atoms with van der Waals surface area (Å²) in [5.41, 5.74) is 0. The second-order valence-corrected chi connectivity index (χ2v) is 8.39. The van der Waals surface area contributed by atoms with Gasteiger partial charge in [-0.25, -0.2) is 0 Å². The molecule has 0 radical (unpaired) electrons. The van der Waals surface area contributed by atoms with E-state index in [1.807, 2.05) is 0 Å². The van der Waals surface area contributed by atoms with Gasteiger partial charge in [-0.3, -0.25) is 9.89 Å². The van der Waals surface area contributed by atoms with Crippen molar-refractivity contribution in [3.8, 4) is 0 Å². The first-order valence-corrected chi connectivity index (χ1v) is 10.7. The van der Waals surface area contributed by atoms with E-state index in [0.717, 1.165) is 38.6 Å². The van der Waals surface area contributed by atoms with Crippen LogP contribution in [-0.4, -0.2) is 98.7 Å². The molecule has 0 bridgehead atoms. The Morgan fingerprint density at radius 2 is 1.96 bits per heavy atom. The average Bonchev–Trinajstić information content (AvgIpc) is 2.83. The number of aliphatic imine (C=N–C) groups is 1. The van der Waals surface area contributed by atoms with Crippen molar-refractivity contribution in [2.24, 2.45) is 10.9 Å². The summed E-state index contributed by atoms with van der Waals surface area (Å²) >= 11 is 0. The van der Waals surface area contributed by atoms with Gasteiger partial charge < -0.3 is 20.4 Å². The van der Waals surface area contributed by atoms with Gasteiger partial charge >= 0.3 is 0 Å². The quantitative estimate of drug-likeness (QED) is 0.404. The van der Waals surface area contributed by atoms with Crippen LogP contribution in [0.25, 0.3) is 0 Å². The molecule has 0 spiro atoms. The van der Waals surface area contributed by atoms with Crippen LogP contribution < -0.4 is 10.6 Å². The van der Waals surface area contributed by atoms with E-state index in [-0.39, 0.29) is 0 Å². The zero-order valence-corrected chi connectivity index (χ0v) is 17.8. The summed E-state index contributed by atoms with van der Waals surface area (Å²) in [6.45, 7) is 19.2. The highest BCUT2D eigenvalue weighted by molar-refractivity contribution is 5.80. The van der Waals surface area contributed by atoms with Gasteiger partial charge in [0.15, 0.2) is 5.96 Å². The Balaban J connectivity index is 1.75. The number of hydrogen-bond donors (Lipinski definition) is 2. The van der Waals surface area contributed by atoms with Crippen molar-refractivity contribution in [1.29, 1.82) is 0 Å². The first-order chi connectivity index (χ1) is 12.5. The number of rotatable bonds is 7. The molecule has 2 N–H and O–H groups in total. The summed E-state index contributed by atoms with van der Waals surface area (Å²) < 4.78 is 0. The van der Waals surface area contributed by atoms with E-state index in [9.17, 15) is 0 Å². The third-order valence-electron chi connectivity index (χ3n) is 5.75. The van der Waals surface area contributed by atoms with Gasteiger partial charge in [0.2, 0.25) is 0 Å². The van der Waals surface area contributed by atoms with Gasteiger partial charge in [0.1, 0.15) is 0 Å². The van der Waals surface area contributed by atoms with Gasteiger partial charge in [-0.15, -0.1) is 0 Å². The molecule has 2 aliphatic heterocycles. The predicted molar refractivity (Wildman–Crippen MR) is 112 cm³/mol. The lowest BCUT2D eigenvalue weighted by atomic mass is 10.1. The minimum absolute atomic E-state index is 0.497. The van der Waals surface area contributed by atoms with Crippen molar-refractivity contribution in [2.75, 3.05) is 66.0 Å². The monoisotopic (exact) mass is 366 g/mol. The molecule has 0 saturated carbocycles. The van der Waals surface area contributed by atoms with Crippen molar-refractivity contribution in [3.05, 3.63) is 0 Å². The summed E-state index contributed by atoms with van der Waals surface area (Å²) in [6.07, 6.45) is 2.43. The van der Waals surface area contributed by atoms with E-state index < -0.39 is 0 Å². The number of likely N-dealkylation sites (tertiary alicyclic amines) is 1. The van der Waals surface area contributed by atoms with Crippen LogP contribution in [0.1, 0.15) is 40.5 Å². The van der Waals surface area contributed by atoms with Crippen molar-refractivity contribution in [1.82, 2.24) is 25.3 Å². The van der Waals surface area contributed by atoms with E-state index >= 15 is 0 Å². The lowest BCUT2D eigenvalue weighted by Crippen LogP contribution is -2.47. The smallest absolute Gasteiger partial charge is 0.191 e. The predicted octanol–water partition coefficient (Wildman–Crippen LogP) is 1.30. The third kappa shape index (κ3) is 7.05. The average molecular weight is 367 g/mol. The molecule has 0 aromatic rings.